The molecule has 1 aromatic heterocycles. The van der Waals surface area contributed by atoms with Gasteiger partial charge < -0.3 is 10.9 Å². The molecule has 1 rings (SSSR count). The molecule has 0 aliphatic rings. The number of halogens is 1. The number of rotatable bonds is 0. The van der Waals surface area contributed by atoms with Gasteiger partial charge >= 0.3 is 5.69 Å². The Morgan fingerprint density at radius 3 is 2.82 bits per heavy atom. The first-order valence-corrected chi connectivity index (χ1v) is 3.52. The fourth-order valence-corrected chi connectivity index (χ4v) is 1.10. The zero-order valence-electron chi connectivity index (χ0n) is 5.41. The van der Waals surface area contributed by atoms with E-state index in [1.165, 1.54) is 12.3 Å². The highest BCUT2D eigenvalue weighted by Gasteiger charge is 2.09. The summed E-state index contributed by atoms with van der Waals surface area (Å²) in [7, 11) is 0. The van der Waals surface area contributed by atoms with Crippen LogP contribution in [0.3, 0.4) is 0 Å². The molecule has 4 nitrogen and oxygen atoms in total. The number of nitriles is 1. The van der Waals surface area contributed by atoms with Gasteiger partial charge in [-0.25, -0.2) is 0 Å². The van der Waals surface area contributed by atoms with Crippen LogP contribution < -0.4 is 10.5 Å². The molecule has 0 spiro atoms. The van der Waals surface area contributed by atoms with Crippen molar-refractivity contribution in [2.45, 2.75) is 0 Å². The molecule has 11 heavy (non-hydrogen) atoms. The summed E-state index contributed by atoms with van der Waals surface area (Å²) in [5, 5.41) is 19.3. The molecule has 5 heteroatoms. The lowest BCUT2D eigenvalue weighted by Gasteiger charge is -2.00. The van der Waals surface area contributed by atoms with E-state index in [0.717, 1.165) is 0 Å². The molecule has 0 aromatic carbocycles. The van der Waals surface area contributed by atoms with E-state index in [1.807, 2.05) is 0 Å². The lowest BCUT2D eigenvalue weighted by Crippen LogP contribution is -2.31. The number of pyridine rings is 1. The summed E-state index contributed by atoms with van der Waals surface area (Å²) in [6, 6.07) is 3.20. The van der Waals surface area contributed by atoms with Gasteiger partial charge in [-0.15, -0.1) is 0 Å². The predicted molar refractivity (Wildman–Crippen MR) is 42.2 cm³/mol. The summed E-state index contributed by atoms with van der Waals surface area (Å²) >= 11 is 3.07. The predicted octanol–water partition coefficient (Wildman–Crippen LogP) is 0.536. The highest BCUT2D eigenvalue weighted by molar-refractivity contribution is 9.10. The molecule has 1 heterocycles. The van der Waals surface area contributed by atoms with E-state index in [2.05, 4.69) is 15.9 Å². The van der Waals surface area contributed by atoms with Gasteiger partial charge in [0.1, 0.15) is 5.69 Å². The second kappa shape index (κ2) is 2.76. The largest absolute Gasteiger partial charge is 0.618 e. The SMILES string of the molecule is N#Cc1c(N)cc(Br)c[n+]1[O-]. The number of hydrogen-bond acceptors (Lipinski definition) is 3. The van der Waals surface area contributed by atoms with Gasteiger partial charge in [-0.2, -0.15) is 9.99 Å². The van der Waals surface area contributed by atoms with E-state index in [-0.39, 0.29) is 11.4 Å². The molecule has 1 aromatic rings. The van der Waals surface area contributed by atoms with Crippen molar-refractivity contribution in [3.63, 3.8) is 0 Å². The van der Waals surface area contributed by atoms with Gasteiger partial charge in [0.2, 0.25) is 0 Å². The van der Waals surface area contributed by atoms with Gasteiger partial charge in [-0.3, -0.25) is 0 Å². The summed E-state index contributed by atoms with van der Waals surface area (Å²) in [6.45, 7) is 0. The van der Waals surface area contributed by atoms with E-state index < -0.39 is 0 Å². The highest BCUT2D eigenvalue weighted by Crippen LogP contribution is 2.12. The van der Waals surface area contributed by atoms with Crippen molar-refractivity contribution in [2.75, 3.05) is 5.73 Å². The second-order valence-electron chi connectivity index (χ2n) is 1.90. The maximum Gasteiger partial charge on any atom is 0.317 e. The van der Waals surface area contributed by atoms with Crippen LogP contribution in [0.2, 0.25) is 0 Å². The van der Waals surface area contributed by atoms with Crippen molar-refractivity contribution in [1.29, 1.82) is 5.26 Å². The average Bonchev–Trinajstić information content (AvgIpc) is 1.85. The Balaban J connectivity index is 3.40. The van der Waals surface area contributed by atoms with E-state index >= 15 is 0 Å². The quantitative estimate of drug-likeness (QED) is 0.505. The monoisotopic (exact) mass is 213 g/mol. The molecule has 0 radical (unpaired) electrons. The lowest BCUT2D eigenvalue weighted by molar-refractivity contribution is -0.608. The first-order chi connectivity index (χ1) is 5.15. The van der Waals surface area contributed by atoms with Gasteiger partial charge in [-0.05, 0) is 22.0 Å². The minimum atomic E-state index is -0.0757. The Kier molecular flexibility index (Phi) is 1.96. The molecule has 0 amide bonds. The lowest BCUT2D eigenvalue weighted by atomic mass is 10.3. The van der Waals surface area contributed by atoms with Gasteiger partial charge in [0, 0.05) is 0 Å². The molecule has 0 aliphatic heterocycles. The van der Waals surface area contributed by atoms with Crippen molar-refractivity contribution in [3.8, 4) is 6.07 Å². The van der Waals surface area contributed by atoms with Crippen LogP contribution in [0.1, 0.15) is 5.69 Å². The Hall–Kier alpha value is -1.28. The minimum absolute atomic E-state index is 0.0757. The van der Waals surface area contributed by atoms with Crippen LogP contribution in [-0.2, 0) is 0 Å². The topological polar surface area (TPSA) is 76.8 Å². The van der Waals surface area contributed by atoms with Crippen LogP contribution in [-0.4, -0.2) is 0 Å². The van der Waals surface area contributed by atoms with E-state index in [0.29, 0.717) is 9.20 Å². The number of aromatic nitrogens is 1. The Morgan fingerprint density at radius 2 is 2.36 bits per heavy atom. The molecule has 56 valence electrons. The molecule has 0 atom stereocenters. The zero-order chi connectivity index (χ0) is 8.43. The third-order valence-corrected chi connectivity index (χ3v) is 1.57. The van der Waals surface area contributed by atoms with Crippen molar-refractivity contribution < 1.29 is 4.73 Å². The van der Waals surface area contributed by atoms with E-state index in [9.17, 15) is 5.21 Å². The van der Waals surface area contributed by atoms with Crippen LogP contribution in [0.5, 0.6) is 0 Å². The first-order valence-electron chi connectivity index (χ1n) is 2.73. The van der Waals surface area contributed by atoms with Crippen LogP contribution >= 0.6 is 15.9 Å². The van der Waals surface area contributed by atoms with E-state index in [4.69, 9.17) is 11.0 Å². The van der Waals surface area contributed by atoms with E-state index in [1.54, 1.807) is 6.07 Å². The van der Waals surface area contributed by atoms with Crippen LogP contribution in [0.4, 0.5) is 5.69 Å². The number of nitrogens with zero attached hydrogens (tertiary/aromatic N) is 2. The van der Waals surface area contributed by atoms with Crippen molar-refractivity contribution in [2.24, 2.45) is 0 Å². The van der Waals surface area contributed by atoms with Gasteiger partial charge in [0.15, 0.2) is 12.3 Å². The first kappa shape index (κ1) is 7.82. The molecule has 0 saturated carbocycles. The molecular formula is C6H4BrN3O. The highest BCUT2D eigenvalue weighted by atomic mass is 79.9. The Labute approximate surface area is 71.6 Å². The molecule has 0 bridgehead atoms. The third-order valence-electron chi connectivity index (χ3n) is 1.13. The summed E-state index contributed by atoms with van der Waals surface area (Å²) in [5.41, 5.74) is 5.46. The number of nitrogen functional groups attached to an aromatic ring is 1. The maximum atomic E-state index is 10.9. The zero-order valence-corrected chi connectivity index (χ0v) is 7.00. The smallest absolute Gasteiger partial charge is 0.317 e. The summed E-state index contributed by atoms with van der Waals surface area (Å²) in [6.07, 6.45) is 1.23. The van der Waals surface area contributed by atoms with Gasteiger partial charge in [-0.1, -0.05) is 0 Å². The standard InChI is InChI=1S/C6H4BrN3O/c7-4-1-5(9)6(2-8)10(11)3-4/h1,3H,9H2. The fourth-order valence-electron chi connectivity index (χ4n) is 0.672. The number of hydrogen-bond donors (Lipinski definition) is 1. The number of anilines is 1. The van der Waals surface area contributed by atoms with Crippen molar-refractivity contribution in [1.82, 2.24) is 0 Å². The van der Waals surface area contributed by atoms with Gasteiger partial charge in [0.25, 0.3) is 0 Å². The fraction of sp³-hybridized carbons (Fsp3) is 0. The molecule has 0 aliphatic carbocycles. The van der Waals surface area contributed by atoms with Crippen molar-refractivity contribution in [3.05, 3.63) is 27.6 Å². The minimum Gasteiger partial charge on any atom is -0.618 e. The Bertz CT molecular complexity index is 308. The normalized spacial score (nSPS) is 9.09. The Morgan fingerprint density at radius 1 is 1.73 bits per heavy atom. The van der Waals surface area contributed by atoms with Crippen LogP contribution in [0.15, 0.2) is 16.7 Å². The van der Waals surface area contributed by atoms with Crippen LogP contribution in [0.25, 0.3) is 0 Å². The number of nitrogens with two attached hydrogens (primary N) is 1. The maximum absolute atomic E-state index is 10.9. The third kappa shape index (κ3) is 1.41. The molecule has 0 fully saturated rings. The second-order valence-corrected chi connectivity index (χ2v) is 2.82. The van der Waals surface area contributed by atoms with Gasteiger partial charge in [0.05, 0.1) is 4.47 Å². The summed E-state index contributed by atoms with van der Waals surface area (Å²) in [4.78, 5) is 0. The molecule has 2 N–H and O–H groups in total. The summed E-state index contributed by atoms with van der Waals surface area (Å²) in [5.74, 6) is 0. The summed E-state index contributed by atoms with van der Waals surface area (Å²) < 4.78 is 0.989. The molecule has 0 saturated heterocycles. The van der Waals surface area contributed by atoms with Crippen LogP contribution in [0, 0.1) is 16.5 Å². The molecular weight excluding hydrogens is 210 g/mol. The average molecular weight is 214 g/mol. The molecule has 0 unspecified atom stereocenters. The van der Waals surface area contributed by atoms with Crippen molar-refractivity contribution >= 4 is 21.6 Å².